The maximum Gasteiger partial charge on any atom is 0.337 e. The number of carboxylic acids is 1. The van der Waals surface area contributed by atoms with E-state index in [1.807, 2.05) is 7.05 Å². The number of hydrogen-bond donors (Lipinski definition) is 1. The van der Waals surface area contributed by atoms with Crippen molar-refractivity contribution in [1.82, 2.24) is 24.1 Å². The molecule has 0 amide bonds. The predicted octanol–water partition coefficient (Wildman–Crippen LogP) is 0.828. The van der Waals surface area contributed by atoms with Crippen LogP contribution in [-0.2, 0) is 7.05 Å². The van der Waals surface area contributed by atoms with Crippen molar-refractivity contribution in [2.24, 2.45) is 7.05 Å². The van der Waals surface area contributed by atoms with Gasteiger partial charge in [-0.05, 0) is 12.1 Å². The minimum Gasteiger partial charge on any atom is -0.478 e. The molecule has 0 radical (unpaired) electrons. The Balaban J connectivity index is 2.27. The summed E-state index contributed by atoms with van der Waals surface area (Å²) in [5, 5.41) is 17.0. The summed E-state index contributed by atoms with van der Waals surface area (Å²) in [5.41, 5.74) is 1.55. The van der Waals surface area contributed by atoms with Crippen LogP contribution in [0.2, 0.25) is 0 Å². The van der Waals surface area contributed by atoms with E-state index in [1.54, 1.807) is 27.6 Å². The van der Waals surface area contributed by atoms with Gasteiger partial charge in [0.05, 0.1) is 18.1 Å². The zero-order valence-corrected chi connectivity index (χ0v) is 9.48. The molecule has 0 aliphatic rings. The van der Waals surface area contributed by atoms with Crippen LogP contribution in [0.4, 0.5) is 0 Å². The van der Waals surface area contributed by atoms with Crippen molar-refractivity contribution in [3.05, 3.63) is 36.4 Å². The van der Waals surface area contributed by atoms with Gasteiger partial charge in [-0.3, -0.25) is 4.40 Å². The number of rotatable bonds is 2. The maximum absolute atomic E-state index is 11.0. The lowest BCUT2D eigenvalue weighted by Crippen LogP contribution is -2.00. The first-order valence-electron chi connectivity index (χ1n) is 5.21. The number of pyridine rings is 1. The Labute approximate surface area is 101 Å². The molecule has 3 aromatic heterocycles. The van der Waals surface area contributed by atoms with Crippen LogP contribution in [0.25, 0.3) is 17.2 Å². The van der Waals surface area contributed by atoms with Crippen molar-refractivity contribution in [3.8, 4) is 11.5 Å². The Morgan fingerprint density at radius 1 is 1.33 bits per heavy atom. The second-order valence-electron chi connectivity index (χ2n) is 3.86. The van der Waals surface area contributed by atoms with Gasteiger partial charge in [-0.2, -0.15) is 0 Å². The van der Waals surface area contributed by atoms with E-state index in [9.17, 15) is 4.79 Å². The van der Waals surface area contributed by atoms with Crippen LogP contribution in [0.3, 0.4) is 0 Å². The molecule has 3 rings (SSSR count). The third-order valence-electron chi connectivity index (χ3n) is 2.70. The van der Waals surface area contributed by atoms with Gasteiger partial charge in [0.1, 0.15) is 5.69 Å². The second kappa shape index (κ2) is 3.66. The molecular weight excluding hydrogens is 234 g/mol. The van der Waals surface area contributed by atoms with Gasteiger partial charge < -0.3 is 9.67 Å². The number of hydrogen-bond acceptors (Lipinski definition) is 4. The zero-order chi connectivity index (χ0) is 12.7. The van der Waals surface area contributed by atoms with E-state index in [0.29, 0.717) is 11.5 Å². The first-order chi connectivity index (χ1) is 8.66. The fraction of sp³-hybridized carbons (Fsp3) is 0.0909. The third-order valence-corrected chi connectivity index (χ3v) is 2.70. The van der Waals surface area contributed by atoms with E-state index in [2.05, 4.69) is 15.2 Å². The molecule has 0 aromatic carbocycles. The summed E-state index contributed by atoms with van der Waals surface area (Å²) in [5.74, 6) is -0.422. The molecule has 0 aliphatic heterocycles. The fourth-order valence-corrected chi connectivity index (χ4v) is 1.76. The number of aromatic carboxylic acids is 1. The standard InChI is InChI=1S/C11H9N5O2/c1-15-6-12-4-8(15)10-14-13-9-3-2-7(11(17)18)5-16(9)10/h2-6H,1H3,(H,17,18). The van der Waals surface area contributed by atoms with Crippen LogP contribution < -0.4 is 0 Å². The highest BCUT2D eigenvalue weighted by molar-refractivity contribution is 5.87. The Morgan fingerprint density at radius 3 is 2.83 bits per heavy atom. The molecule has 0 spiro atoms. The van der Waals surface area contributed by atoms with E-state index >= 15 is 0 Å². The zero-order valence-electron chi connectivity index (χ0n) is 9.48. The van der Waals surface area contributed by atoms with Gasteiger partial charge in [0.25, 0.3) is 0 Å². The van der Waals surface area contributed by atoms with Crippen LogP contribution in [0, 0.1) is 0 Å². The predicted molar refractivity (Wildman–Crippen MR) is 62.1 cm³/mol. The van der Waals surface area contributed by atoms with Gasteiger partial charge in [0, 0.05) is 13.2 Å². The Bertz CT molecular complexity index is 743. The first-order valence-corrected chi connectivity index (χ1v) is 5.21. The van der Waals surface area contributed by atoms with Gasteiger partial charge in [-0.15, -0.1) is 10.2 Å². The minimum atomic E-state index is -0.985. The van der Waals surface area contributed by atoms with Crippen LogP contribution in [0.15, 0.2) is 30.9 Å². The lowest BCUT2D eigenvalue weighted by molar-refractivity contribution is 0.0696. The number of imidazole rings is 1. The quantitative estimate of drug-likeness (QED) is 0.720. The van der Waals surface area contributed by atoms with E-state index in [4.69, 9.17) is 5.11 Å². The van der Waals surface area contributed by atoms with Gasteiger partial charge in [-0.1, -0.05) is 0 Å². The molecule has 0 saturated heterocycles. The number of nitrogens with zero attached hydrogens (tertiary/aromatic N) is 5. The van der Waals surface area contributed by atoms with Crippen molar-refractivity contribution in [1.29, 1.82) is 0 Å². The van der Waals surface area contributed by atoms with E-state index in [1.165, 1.54) is 12.3 Å². The molecule has 3 aromatic rings. The van der Waals surface area contributed by atoms with E-state index in [-0.39, 0.29) is 5.56 Å². The number of carboxylic acid groups (broad SMARTS) is 1. The molecule has 18 heavy (non-hydrogen) atoms. The molecule has 1 N–H and O–H groups in total. The highest BCUT2D eigenvalue weighted by Crippen LogP contribution is 2.17. The van der Waals surface area contributed by atoms with Crippen molar-refractivity contribution in [3.63, 3.8) is 0 Å². The number of fused-ring (bicyclic) bond motifs is 1. The Hall–Kier alpha value is -2.70. The Morgan fingerprint density at radius 2 is 2.17 bits per heavy atom. The minimum absolute atomic E-state index is 0.186. The van der Waals surface area contributed by atoms with Gasteiger partial charge in [-0.25, -0.2) is 9.78 Å². The number of carbonyl (C=O) groups is 1. The average Bonchev–Trinajstić information content (AvgIpc) is 2.93. The normalized spacial score (nSPS) is 10.9. The molecule has 0 atom stereocenters. The van der Waals surface area contributed by atoms with Crippen molar-refractivity contribution >= 4 is 11.6 Å². The molecule has 90 valence electrons. The molecule has 7 heteroatoms. The summed E-state index contributed by atoms with van der Waals surface area (Å²) in [6.45, 7) is 0. The molecule has 0 fully saturated rings. The van der Waals surface area contributed by atoms with Crippen LogP contribution in [0.1, 0.15) is 10.4 Å². The summed E-state index contributed by atoms with van der Waals surface area (Å²) in [4.78, 5) is 15.0. The first kappa shape index (κ1) is 10.5. The Kier molecular flexibility index (Phi) is 2.12. The monoisotopic (exact) mass is 243 g/mol. The van der Waals surface area contributed by atoms with Gasteiger partial charge >= 0.3 is 5.97 Å². The summed E-state index contributed by atoms with van der Waals surface area (Å²) in [6.07, 6.45) is 4.81. The van der Waals surface area contributed by atoms with E-state index < -0.39 is 5.97 Å². The van der Waals surface area contributed by atoms with Crippen molar-refractivity contribution < 1.29 is 9.90 Å². The maximum atomic E-state index is 11.0. The van der Waals surface area contributed by atoms with Crippen molar-refractivity contribution in [2.45, 2.75) is 0 Å². The molecular formula is C11H9N5O2. The topological polar surface area (TPSA) is 85.3 Å². The average molecular weight is 243 g/mol. The van der Waals surface area contributed by atoms with E-state index in [0.717, 1.165) is 5.69 Å². The lowest BCUT2D eigenvalue weighted by Gasteiger charge is -2.01. The summed E-state index contributed by atoms with van der Waals surface area (Å²) >= 11 is 0. The summed E-state index contributed by atoms with van der Waals surface area (Å²) < 4.78 is 3.43. The van der Waals surface area contributed by atoms with Gasteiger partial charge in [0.15, 0.2) is 11.5 Å². The summed E-state index contributed by atoms with van der Waals surface area (Å²) in [6, 6.07) is 3.12. The SMILES string of the molecule is Cn1cncc1-c1nnc2ccc(C(=O)O)cn12. The highest BCUT2D eigenvalue weighted by atomic mass is 16.4. The highest BCUT2D eigenvalue weighted by Gasteiger charge is 2.13. The van der Waals surface area contributed by atoms with Crippen LogP contribution in [0.5, 0.6) is 0 Å². The molecule has 0 unspecified atom stereocenters. The lowest BCUT2D eigenvalue weighted by atomic mass is 10.3. The molecule has 0 bridgehead atoms. The summed E-state index contributed by atoms with van der Waals surface area (Å²) in [7, 11) is 1.84. The second-order valence-corrected chi connectivity index (χ2v) is 3.86. The fourth-order valence-electron chi connectivity index (χ4n) is 1.76. The van der Waals surface area contributed by atoms with Crippen LogP contribution in [-0.4, -0.2) is 35.2 Å². The van der Waals surface area contributed by atoms with Gasteiger partial charge in [0.2, 0.25) is 0 Å². The number of aromatic nitrogens is 5. The third kappa shape index (κ3) is 1.45. The molecule has 7 nitrogen and oxygen atoms in total. The smallest absolute Gasteiger partial charge is 0.337 e. The molecule has 3 heterocycles. The van der Waals surface area contributed by atoms with Crippen molar-refractivity contribution in [2.75, 3.05) is 0 Å². The van der Waals surface area contributed by atoms with Crippen LogP contribution >= 0.6 is 0 Å². The number of aryl methyl sites for hydroxylation is 1. The molecule has 0 saturated carbocycles. The molecule has 0 aliphatic carbocycles. The largest absolute Gasteiger partial charge is 0.478 e.